The fourth-order valence-corrected chi connectivity index (χ4v) is 5.90. The van der Waals surface area contributed by atoms with Gasteiger partial charge in [0, 0.05) is 37.3 Å². The van der Waals surface area contributed by atoms with E-state index in [0.717, 1.165) is 56.2 Å². The van der Waals surface area contributed by atoms with E-state index in [1.807, 2.05) is 72.8 Å². The molecule has 8 heteroatoms. The van der Waals surface area contributed by atoms with Gasteiger partial charge in [-0.3, -0.25) is 9.59 Å². The van der Waals surface area contributed by atoms with Gasteiger partial charge in [0.1, 0.15) is 11.5 Å². The number of carbonyl (C=O) groups excluding carboxylic acids is 2. The Morgan fingerprint density at radius 3 is 2.26 bits per heavy atom. The van der Waals surface area contributed by atoms with Gasteiger partial charge in [0.25, 0.3) is 11.8 Å². The maximum atomic E-state index is 13.0. The van der Waals surface area contributed by atoms with Crippen molar-refractivity contribution in [2.75, 3.05) is 33.6 Å². The Labute approximate surface area is 244 Å². The van der Waals surface area contributed by atoms with Gasteiger partial charge in [-0.2, -0.15) is 0 Å². The Bertz CT molecular complexity index is 1840. The molecule has 0 aliphatic carbocycles. The Kier molecular flexibility index (Phi) is 7.04. The predicted octanol–water partition coefficient (Wildman–Crippen LogP) is 5.80. The molecule has 1 aliphatic rings. The smallest absolute Gasteiger partial charge is 0.253 e. The molecule has 5 aromatic rings. The van der Waals surface area contributed by atoms with Gasteiger partial charge in [0.05, 0.1) is 42.2 Å². The predicted molar refractivity (Wildman–Crippen MR) is 165 cm³/mol. The molecular formula is C34H32N4O4. The lowest BCUT2D eigenvalue weighted by atomic mass is 9.84. The monoisotopic (exact) mass is 560 g/mol. The van der Waals surface area contributed by atoms with Crippen LogP contribution >= 0.6 is 0 Å². The quantitative estimate of drug-likeness (QED) is 0.244. The lowest BCUT2D eigenvalue weighted by molar-refractivity contribution is 0.0955. The number of nitrogens with zero attached hydrogens (tertiary/aromatic N) is 1. The third-order valence-corrected chi connectivity index (χ3v) is 7.99. The van der Waals surface area contributed by atoms with Crippen molar-refractivity contribution in [3.63, 3.8) is 0 Å². The summed E-state index contributed by atoms with van der Waals surface area (Å²) >= 11 is 0. The molecule has 3 N–H and O–H groups in total. The maximum Gasteiger partial charge on any atom is 0.253 e. The third-order valence-electron chi connectivity index (χ3n) is 7.99. The Morgan fingerprint density at radius 2 is 1.50 bits per heavy atom. The van der Waals surface area contributed by atoms with Crippen molar-refractivity contribution < 1.29 is 19.1 Å². The number of hydrogen-bond acceptors (Lipinski definition) is 5. The van der Waals surface area contributed by atoms with E-state index in [1.165, 1.54) is 0 Å². The molecule has 4 aromatic carbocycles. The molecule has 0 saturated carbocycles. The van der Waals surface area contributed by atoms with Gasteiger partial charge in [-0.15, -0.1) is 0 Å². The van der Waals surface area contributed by atoms with Crippen molar-refractivity contribution in [3.8, 4) is 17.2 Å². The minimum Gasteiger partial charge on any atom is -0.497 e. The molecule has 212 valence electrons. The first-order valence-corrected chi connectivity index (χ1v) is 13.8. The first-order chi connectivity index (χ1) is 20.5. The summed E-state index contributed by atoms with van der Waals surface area (Å²) in [4.78, 5) is 25.9. The van der Waals surface area contributed by atoms with Crippen molar-refractivity contribution in [1.82, 2.24) is 15.2 Å². The van der Waals surface area contributed by atoms with E-state index in [2.05, 4.69) is 32.8 Å². The molecule has 0 unspecified atom stereocenters. The van der Waals surface area contributed by atoms with Gasteiger partial charge in [-0.1, -0.05) is 24.3 Å². The van der Waals surface area contributed by atoms with Crippen LogP contribution in [0.3, 0.4) is 0 Å². The standard InChI is InChI=1S/C34H32N4O4/c1-35-33(39)24-8-5-6-11-30(24)38-19-28(27-18-22(42-4)13-15-31(27)38)26-17-20-16-21(41-3)12-14-29(20)37-32-23(26)9-7-10-25(32)34(40)36-2/h5-16,18-19,26,37H,17H2,1-4H3,(H,35,39)(H,36,40)/t26-/m0/s1. The number of amides is 2. The van der Waals surface area contributed by atoms with Crippen LogP contribution in [0.2, 0.25) is 0 Å². The summed E-state index contributed by atoms with van der Waals surface area (Å²) in [5.41, 5.74) is 7.63. The van der Waals surface area contributed by atoms with Crippen LogP contribution in [0.5, 0.6) is 11.5 Å². The summed E-state index contributed by atoms with van der Waals surface area (Å²) in [5.74, 6) is 1.01. The van der Waals surface area contributed by atoms with Crippen molar-refractivity contribution in [2.45, 2.75) is 12.3 Å². The number of carbonyl (C=O) groups is 2. The minimum absolute atomic E-state index is 0.145. The number of fused-ring (bicyclic) bond motifs is 3. The highest BCUT2D eigenvalue weighted by atomic mass is 16.5. The van der Waals surface area contributed by atoms with E-state index in [4.69, 9.17) is 9.47 Å². The van der Waals surface area contributed by atoms with Crippen molar-refractivity contribution >= 4 is 34.1 Å². The molecule has 0 radical (unpaired) electrons. The number of para-hydroxylation sites is 2. The average Bonchev–Trinajstić information content (AvgIpc) is 3.32. The summed E-state index contributed by atoms with van der Waals surface area (Å²) in [5, 5.41) is 10.1. The number of hydrogen-bond donors (Lipinski definition) is 3. The van der Waals surface area contributed by atoms with Crippen LogP contribution in [0, 0.1) is 0 Å². The molecule has 0 saturated heterocycles. The fraction of sp³-hybridized carbons (Fsp3) is 0.176. The van der Waals surface area contributed by atoms with E-state index in [-0.39, 0.29) is 17.7 Å². The highest BCUT2D eigenvalue weighted by Gasteiger charge is 2.30. The third kappa shape index (κ3) is 4.51. The molecular weight excluding hydrogens is 528 g/mol. The zero-order chi connectivity index (χ0) is 29.4. The molecule has 0 fully saturated rings. The SMILES string of the molecule is CNC(=O)c1ccccc1-n1cc([C@H]2Cc3cc(OC)ccc3Nc3c(C(=O)NC)cccc32)c2cc(OC)ccc21. The number of methoxy groups -OCH3 is 2. The van der Waals surface area contributed by atoms with Crippen LogP contribution in [-0.2, 0) is 6.42 Å². The lowest BCUT2D eigenvalue weighted by Crippen LogP contribution is -2.20. The minimum atomic E-state index is -0.168. The van der Waals surface area contributed by atoms with Crippen LogP contribution in [0.25, 0.3) is 16.6 Å². The van der Waals surface area contributed by atoms with Gasteiger partial charge in [-0.25, -0.2) is 0 Å². The first kappa shape index (κ1) is 27.0. The molecule has 1 aromatic heterocycles. The molecule has 2 heterocycles. The van der Waals surface area contributed by atoms with E-state index in [1.54, 1.807) is 28.3 Å². The summed E-state index contributed by atoms with van der Waals surface area (Å²) in [6.07, 6.45) is 2.76. The van der Waals surface area contributed by atoms with Crippen LogP contribution in [-0.4, -0.2) is 44.7 Å². The van der Waals surface area contributed by atoms with Crippen molar-refractivity contribution in [1.29, 1.82) is 0 Å². The van der Waals surface area contributed by atoms with Crippen molar-refractivity contribution in [2.24, 2.45) is 0 Å². The van der Waals surface area contributed by atoms with Gasteiger partial charge in [0.2, 0.25) is 0 Å². The number of anilines is 2. The average molecular weight is 561 g/mol. The Balaban J connectivity index is 1.65. The van der Waals surface area contributed by atoms with Gasteiger partial charge < -0.3 is 30.0 Å². The first-order valence-electron chi connectivity index (χ1n) is 13.8. The topological polar surface area (TPSA) is 93.6 Å². The van der Waals surface area contributed by atoms with E-state index >= 15 is 0 Å². The Hall–Kier alpha value is -5.24. The number of ether oxygens (including phenoxy) is 2. The van der Waals surface area contributed by atoms with E-state index in [0.29, 0.717) is 17.5 Å². The number of nitrogens with one attached hydrogen (secondary N) is 3. The highest BCUT2D eigenvalue weighted by molar-refractivity contribution is 6.02. The molecule has 6 rings (SSSR count). The second kappa shape index (κ2) is 11.0. The molecule has 2 amide bonds. The summed E-state index contributed by atoms with van der Waals surface area (Å²) in [7, 11) is 6.58. The number of benzene rings is 4. The Morgan fingerprint density at radius 1 is 0.810 bits per heavy atom. The lowest BCUT2D eigenvalue weighted by Gasteiger charge is -2.19. The summed E-state index contributed by atoms with van der Waals surface area (Å²) < 4.78 is 13.3. The molecule has 42 heavy (non-hydrogen) atoms. The maximum absolute atomic E-state index is 13.0. The molecule has 0 bridgehead atoms. The zero-order valence-corrected chi connectivity index (χ0v) is 23.9. The summed E-state index contributed by atoms with van der Waals surface area (Å²) in [6, 6.07) is 25.3. The second-order valence-electron chi connectivity index (χ2n) is 10.2. The van der Waals surface area contributed by atoms with Crippen molar-refractivity contribution in [3.05, 3.63) is 113 Å². The highest BCUT2D eigenvalue weighted by Crippen LogP contribution is 2.45. The van der Waals surface area contributed by atoms with Crippen LogP contribution in [0.1, 0.15) is 43.3 Å². The van der Waals surface area contributed by atoms with Gasteiger partial charge >= 0.3 is 0 Å². The molecule has 8 nitrogen and oxygen atoms in total. The molecule has 1 atom stereocenters. The van der Waals surface area contributed by atoms with E-state index in [9.17, 15) is 9.59 Å². The fourth-order valence-electron chi connectivity index (χ4n) is 5.90. The van der Waals surface area contributed by atoms with Gasteiger partial charge in [0.15, 0.2) is 0 Å². The van der Waals surface area contributed by atoms with Crippen LogP contribution in [0.15, 0.2) is 85.1 Å². The number of rotatable bonds is 6. The second-order valence-corrected chi connectivity index (χ2v) is 10.2. The molecule has 0 spiro atoms. The van der Waals surface area contributed by atoms with Crippen LogP contribution in [0.4, 0.5) is 11.4 Å². The van der Waals surface area contributed by atoms with Crippen LogP contribution < -0.4 is 25.4 Å². The molecule has 1 aliphatic heterocycles. The number of aromatic nitrogens is 1. The van der Waals surface area contributed by atoms with Gasteiger partial charge in [-0.05, 0) is 77.7 Å². The van der Waals surface area contributed by atoms with E-state index < -0.39 is 0 Å². The normalized spacial score (nSPS) is 13.8. The summed E-state index contributed by atoms with van der Waals surface area (Å²) in [6.45, 7) is 0. The largest absolute Gasteiger partial charge is 0.497 e. The zero-order valence-electron chi connectivity index (χ0n) is 23.9.